The first-order valence-corrected chi connectivity index (χ1v) is 7.44. The SMILES string of the molecule is CCCCN1CCC(NC(=O)c2ncccc2N)CC1. The Balaban J connectivity index is 1.81. The molecule has 110 valence electrons. The molecule has 1 fully saturated rings. The number of carbonyl (C=O) groups is 1. The van der Waals surface area contributed by atoms with Crippen LogP contribution in [-0.2, 0) is 0 Å². The normalized spacial score (nSPS) is 17.1. The lowest BCUT2D eigenvalue weighted by Crippen LogP contribution is -2.45. The molecule has 0 aliphatic carbocycles. The number of piperidine rings is 1. The van der Waals surface area contributed by atoms with E-state index in [0.717, 1.165) is 25.9 Å². The zero-order valence-corrected chi connectivity index (χ0v) is 12.1. The molecule has 0 saturated carbocycles. The quantitative estimate of drug-likeness (QED) is 0.858. The Morgan fingerprint density at radius 2 is 2.25 bits per heavy atom. The number of likely N-dealkylation sites (tertiary alicyclic amines) is 1. The Labute approximate surface area is 120 Å². The monoisotopic (exact) mass is 276 g/mol. The molecule has 0 spiro atoms. The van der Waals surface area contributed by atoms with Crippen molar-refractivity contribution in [2.45, 2.75) is 38.6 Å². The zero-order chi connectivity index (χ0) is 14.4. The Bertz CT molecular complexity index is 441. The molecule has 2 heterocycles. The molecule has 3 N–H and O–H groups in total. The second-order valence-electron chi connectivity index (χ2n) is 5.38. The van der Waals surface area contributed by atoms with Gasteiger partial charge in [-0.1, -0.05) is 13.3 Å². The van der Waals surface area contributed by atoms with Crippen molar-refractivity contribution in [2.75, 3.05) is 25.4 Å². The number of aromatic nitrogens is 1. The van der Waals surface area contributed by atoms with Crippen LogP contribution in [-0.4, -0.2) is 41.5 Å². The number of rotatable bonds is 5. The second-order valence-corrected chi connectivity index (χ2v) is 5.38. The fourth-order valence-electron chi connectivity index (χ4n) is 2.54. The van der Waals surface area contributed by atoms with Gasteiger partial charge in [0.25, 0.3) is 5.91 Å². The average molecular weight is 276 g/mol. The van der Waals surface area contributed by atoms with E-state index in [1.54, 1.807) is 18.3 Å². The number of hydrogen-bond donors (Lipinski definition) is 2. The first kappa shape index (κ1) is 14.8. The number of hydrogen-bond acceptors (Lipinski definition) is 4. The van der Waals surface area contributed by atoms with Gasteiger partial charge < -0.3 is 16.0 Å². The van der Waals surface area contributed by atoms with Crippen LogP contribution in [0.15, 0.2) is 18.3 Å². The molecule has 1 aliphatic rings. The maximum atomic E-state index is 12.1. The molecule has 2 rings (SSSR count). The van der Waals surface area contributed by atoms with Crippen LogP contribution >= 0.6 is 0 Å². The summed E-state index contributed by atoms with van der Waals surface area (Å²) in [6, 6.07) is 3.68. The van der Waals surface area contributed by atoms with Gasteiger partial charge in [0, 0.05) is 25.3 Å². The molecule has 1 saturated heterocycles. The molecule has 5 heteroatoms. The van der Waals surface area contributed by atoms with Gasteiger partial charge in [-0.25, -0.2) is 4.98 Å². The third kappa shape index (κ3) is 3.93. The van der Waals surface area contributed by atoms with Crippen molar-refractivity contribution in [3.8, 4) is 0 Å². The highest BCUT2D eigenvalue weighted by Crippen LogP contribution is 2.13. The molecular weight excluding hydrogens is 252 g/mol. The third-order valence-corrected chi connectivity index (χ3v) is 3.80. The standard InChI is InChI=1S/C15H24N4O/c1-2-3-9-19-10-6-12(7-11-19)18-15(20)14-13(16)5-4-8-17-14/h4-5,8,12H,2-3,6-7,9-11,16H2,1H3,(H,18,20). The molecule has 0 atom stereocenters. The minimum absolute atomic E-state index is 0.157. The second kappa shape index (κ2) is 7.24. The van der Waals surface area contributed by atoms with Gasteiger partial charge in [-0.15, -0.1) is 0 Å². The van der Waals surface area contributed by atoms with Gasteiger partial charge in [0.15, 0.2) is 5.69 Å². The van der Waals surface area contributed by atoms with E-state index >= 15 is 0 Å². The molecule has 0 radical (unpaired) electrons. The minimum Gasteiger partial charge on any atom is -0.397 e. The van der Waals surface area contributed by atoms with Gasteiger partial charge in [0.1, 0.15) is 0 Å². The Morgan fingerprint density at radius 1 is 1.50 bits per heavy atom. The predicted molar refractivity (Wildman–Crippen MR) is 80.5 cm³/mol. The van der Waals surface area contributed by atoms with E-state index < -0.39 is 0 Å². The maximum Gasteiger partial charge on any atom is 0.272 e. The van der Waals surface area contributed by atoms with E-state index in [9.17, 15) is 4.79 Å². The summed E-state index contributed by atoms with van der Waals surface area (Å²) in [5.41, 5.74) is 6.54. The van der Waals surface area contributed by atoms with Crippen LogP contribution in [0.25, 0.3) is 0 Å². The van der Waals surface area contributed by atoms with E-state index in [0.29, 0.717) is 11.4 Å². The highest BCUT2D eigenvalue weighted by Gasteiger charge is 2.21. The van der Waals surface area contributed by atoms with Gasteiger partial charge in [-0.05, 0) is 37.9 Å². The van der Waals surface area contributed by atoms with E-state index in [1.807, 2.05) is 0 Å². The molecule has 20 heavy (non-hydrogen) atoms. The Kier molecular flexibility index (Phi) is 5.35. The number of carbonyl (C=O) groups excluding carboxylic acids is 1. The van der Waals surface area contributed by atoms with E-state index in [2.05, 4.69) is 22.1 Å². The summed E-state index contributed by atoms with van der Waals surface area (Å²) in [6.45, 7) is 5.50. The summed E-state index contributed by atoms with van der Waals surface area (Å²) in [4.78, 5) is 18.6. The van der Waals surface area contributed by atoms with E-state index in [4.69, 9.17) is 5.73 Å². The van der Waals surface area contributed by atoms with Gasteiger partial charge in [0.2, 0.25) is 0 Å². The lowest BCUT2D eigenvalue weighted by molar-refractivity contribution is 0.0907. The molecule has 0 aromatic carbocycles. The molecule has 5 nitrogen and oxygen atoms in total. The van der Waals surface area contributed by atoms with Gasteiger partial charge in [-0.3, -0.25) is 4.79 Å². The number of amides is 1. The number of pyridine rings is 1. The minimum atomic E-state index is -0.157. The van der Waals surface area contributed by atoms with Crippen LogP contribution in [0.2, 0.25) is 0 Å². The van der Waals surface area contributed by atoms with Crippen LogP contribution in [0.5, 0.6) is 0 Å². The van der Waals surface area contributed by atoms with Crippen molar-refractivity contribution < 1.29 is 4.79 Å². The third-order valence-electron chi connectivity index (χ3n) is 3.80. The van der Waals surface area contributed by atoms with Crippen molar-refractivity contribution >= 4 is 11.6 Å². The number of nitrogens with two attached hydrogens (primary N) is 1. The van der Waals surface area contributed by atoms with Crippen LogP contribution in [0, 0.1) is 0 Å². The van der Waals surface area contributed by atoms with Crippen LogP contribution in [0.1, 0.15) is 43.1 Å². The van der Waals surface area contributed by atoms with Crippen LogP contribution in [0.4, 0.5) is 5.69 Å². The summed E-state index contributed by atoms with van der Waals surface area (Å²) >= 11 is 0. The van der Waals surface area contributed by atoms with Crippen molar-refractivity contribution in [3.63, 3.8) is 0 Å². The number of anilines is 1. The molecule has 1 amide bonds. The number of unbranched alkanes of at least 4 members (excludes halogenated alkanes) is 1. The molecule has 0 unspecified atom stereocenters. The smallest absolute Gasteiger partial charge is 0.272 e. The number of nitrogens with zero attached hydrogens (tertiary/aromatic N) is 2. The number of nitrogens with one attached hydrogen (secondary N) is 1. The fraction of sp³-hybridized carbons (Fsp3) is 0.600. The summed E-state index contributed by atoms with van der Waals surface area (Å²) in [5, 5.41) is 3.04. The summed E-state index contributed by atoms with van der Waals surface area (Å²) < 4.78 is 0. The van der Waals surface area contributed by atoms with Crippen LogP contribution in [0.3, 0.4) is 0 Å². The Hall–Kier alpha value is -1.62. The zero-order valence-electron chi connectivity index (χ0n) is 12.1. The first-order chi connectivity index (χ1) is 9.70. The molecule has 1 aliphatic heterocycles. The lowest BCUT2D eigenvalue weighted by atomic mass is 10.0. The fourth-order valence-corrected chi connectivity index (χ4v) is 2.54. The van der Waals surface area contributed by atoms with E-state index in [-0.39, 0.29) is 11.9 Å². The predicted octanol–water partition coefficient (Wildman–Crippen LogP) is 1.66. The molecule has 1 aromatic rings. The topological polar surface area (TPSA) is 71.2 Å². The van der Waals surface area contributed by atoms with Crippen molar-refractivity contribution in [1.82, 2.24) is 15.2 Å². The van der Waals surface area contributed by atoms with Gasteiger partial charge in [0.05, 0.1) is 5.69 Å². The highest BCUT2D eigenvalue weighted by atomic mass is 16.2. The van der Waals surface area contributed by atoms with Gasteiger partial charge >= 0.3 is 0 Å². The van der Waals surface area contributed by atoms with Crippen LogP contribution < -0.4 is 11.1 Å². The molecule has 0 bridgehead atoms. The lowest BCUT2D eigenvalue weighted by Gasteiger charge is -2.32. The van der Waals surface area contributed by atoms with Crippen molar-refractivity contribution in [3.05, 3.63) is 24.0 Å². The van der Waals surface area contributed by atoms with Crippen molar-refractivity contribution in [2.24, 2.45) is 0 Å². The molecule has 1 aromatic heterocycles. The Morgan fingerprint density at radius 3 is 2.90 bits per heavy atom. The average Bonchev–Trinajstić information content (AvgIpc) is 2.47. The summed E-state index contributed by atoms with van der Waals surface area (Å²) in [6.07, 6.45) is 6.08. The van der Waals surface area contributed by atoms with E-state index in [1.165, 1.54) is 19.4 Å². The van der Waals surface area contributed by atoms with Gasteiger partial charge in [-0.2, -0.15) is 0 Å². The van der Waals surface area contributed by atoms with Crippen molar-refractivity contribution in [1.29, 1.82) is 0 Å². The summed E-state index contributed by atoms with van der Waals surface area (Å²) in [7, 11) is 0. The first-order valence-electron chi connectivity index (χ1n) is 7.44. The number of nitrogen functional groups attached to an aromatic ring is 1. The largest absolute Gasteiger partial charge is 0.397 e. The maximum absolute atomic E-state index is 12.1. The highest BCUT2D eigenvalue weighted by molar-refractivity contribution is 5.97. The molecular formula is C15H24N4O. The summed E-state index contributed by atoms with van der Waals surface area (Å²) in [5.74, 6) is -0.157.